The van der Waals surface area contributed by atoms with Gasteiger partial charge in [0.2, 0.25) is 0 Å². The molecule has 1 aliphatic carbocycles. The Hall–Kier alpha value is -1.84. The molecule has 1 spiro atoms. The van der Waals surface area contributed by atoms with Crippen molar-refractivity contribution >= 4 is 35.0 Å². The van der Waals surface area contributed by atoms with Gasteiger partial charge in [-0.25, -0.2) is 4.79 Å². The highest BCUT2D eigenvalue weighted by atomic mass is 35.5. The number of rotatable bonds is 1. The monoisotopic (exact) mass is 360 g/mol. The Balaban J connectivity index is 1.77. The van der Waals surface area contributed by atoms with Gasteiger partial charge in [-0.15, -0.1) is 0 Å². The summed E-state index contributed by atoms with van der Waals surface area (Å²) in [6.45, 7) is 0. The summed E-state index contributed by atoms with van der Waals surface area (Å²) in [5, 5.41) is 1.09. The number of ether oxygens (including phenoxy) is 1. The van der Waals surface area contributed by atoms with Gasteiger partial charge in [0.1, 0.15) is 11.4 Å². The van der Waals surface area contributed by atoms with Gasteiger partial charge in [0, 0.05) is 22.0 Å². The first kappa shape index (κ1) is 15.7. The molecule has 0 radical (unpaired) electrons. The maximum absolute atomic E-state index is 12.4. The average Bonchev–Trinajstić information content (AvgIpc) is 2.79. The largest absolute Gasteiger partial charge is 0.450 e. The minimum absolute atomic E-state index is 0.0711. The van der Waals surface area contributed by atoms with E-state index in [0.29, 0.717) is 28.5 Å². The summed E-state index contributed by atoms with van der Waals surface area (Å²) < 4.78 is 5.72. The van der Waals surface area contributed by atoms with Crippen molar-refractivity contribution in [1.82, 2.24) is 0 Å². The Bertz CT molecular complexity index is 857. The number of esters is 1. The van der Waals surface area contributed by atoms with Crippen LogP contribution in [0, 0.1) is 0 Å². The topological polar surface area (TPSA) is 43.4 Å². The van der Waals surface area contributed by atoms with Crippen molar-refractivity contribution in [3.05, 3.63) is 69.2 Å². The molecule has 2 aromatic rings. The standard InChI is InChI=1S/C19H14Cl2O3/c20-12-5-6-14(17(21)8-12)11-7-13(22)10-19(9-11)16-4-2-1-3-15(16)18(23)24-19/h1-6,8,11H,7,9-10H2/t11-,19-/m0/s1. The molecular formula is C19H14Cl2O3. The predicted molar refractivity (Wildman–Crippen MR) is 91.6 cm³/mol. The fourth-order valence-corrected chi connectivity index (χ4v) is 4.45. The van der Waals surface area contributed by atoms with Gasteiger partial charge in [-0.05, 0) is 36.1 Å². The average molecular weight is 361 g/mol. The fraction of sp³-hybridized carbons (Fsp3) is 0.263. The summed E-state index contributed by atoms with van der Waals surface area (Å²) in [6, 6.07) is 12.6. The van der Waals surface area contributed by atoms with Gasteiger partial charge in [0.15, 0.2) is 0 Å². The predicted octanol–water partition coefficient (Wildman–Crippen LogP) is 4.90. The molecular weight excluding hydrogens is 347 g/mol. The number of carbonyl (C=O) groups is 2. The number of hydrogen-bond acceptors (Lipinski definition) is 3. The molecule has 3 nitrogen and oxygen atoms in total. The first-order valence-corrected chi connectivity index (χ1v) is 8.54. The van der Waals surface area contributed by atoms with Crippen molar-refractivity contribution in [3.63, 3.8) is 0 Å². The summed E-state index contributed by atoms with van der Waals surface area (Å²) >= 11 is 12.3. The molecule has 1 heterocycles. The third-order valence-corrected chi connectivity index (χ3v) is 5.42. The second-order valence-corrected chi connectivity index (χ2v) is 7.26. The van der Waals surface area contributed by atoms with Crippen LogP contribution in [0.15, 0.2) is 42.5 Å². The van der Waals surface area contributed by atoms with Crippen LogP contribution in [-0.4, -0.2) is 11.8 Å². The van der Waals surface area contributed by atoms with E-state index < -0.39 is 5.60 Å². The van der Waals surface area contributed by atoms with E-state index in [1.807, 2.05) is 18.2 Å². The fourth-order valence-electron chi connectivity index (χ4n) is 3.89. The van der Waals surface area contributed by atoms with Gasteiger partial charge in [-0.2, -0.15) is 0 Å². The molecule has 0 N–H and O–H groups in total. The van der Waals surface area contributed by atoms with Crippen LogP contribution in [0.4, 0.5) is 0 Å². The molecule has 0 unspecified atom stereocenters. The lowest BCUT2D eigenvalue weighted by atomic mass is 9.71. The van der Waals surface area contributed by atoms with E-state index in [-0.39, 0.29) is 24.1 Å². The van der Waals surface area contributed by atoms with Crippen molar-refractivity contribution in [1.29, 1.82) is 0 Å². The van der Waals surface area contributed by atoms with E-state index in [4.69, 9.17) is 27.9 Å². The van der Waals surface area contributed by atoms with E-state index >= 15 is 0 Å². The van der Waals surface area contributed by atoms with Crippen molar-refractivity contribution in [2.24, 2.45) is 0 Å². The number of Topliss-reactive ketones (excluding diaryl/α,β-unsaturated/α-hetero) is 1. The van der Waals surface area contributed by atoms with Crippen LogP contribution in [0.1, 0.15) is 46.7 Å². The van der Waals surface area contributed by atoms with Crippen LogP contribution in [-0.2, 0) is 15.1 Å². The van der Waals surface area contributed by atoms with Crippen LogP contribution in [0.5, 0.6) is 0 Å². The molecule has 0 aromatic heterocycles. The maximum atomic E-state index is 12.4. The number of fused-ring (bicyclic) bond motifs is 2. The lowest BCUT2D eigenvalue weighted by Gasteiger charge is -2.37. The minimum atomic E-state index is -0.878. The zero-order valence-corrected chi connectivity index (χ0v) is 14.2. The van der Waals surface area contributed by atoms with Crippen LogP contribution in [0.2, 0.25) is 10.0 Å². The molecule has 2 atom stereocenters. The van der Waals surface area contributed by atoms with Crippen molar-refractivity contribution in [3.8, 4) is 0 Å². The molecule has 24 heavy (non-hydrogen) atoms. The summed E-state index contributed by atoms with van der Waals surface area (Å²) in [5.74, 6) is -0.391. The van der Waals surface area contributed by atoms with E-state index in [1.54, 1.807) is 24.3 Å². The molecule has 0 bridgehead atoms. The van der Waals surface area contributed by atoms with E-state index in [9.17, 15) is 9.59 Å². The van der Waals surface area contributed by atoms with Crippen LogP contribution in [0.25, 0.3) is 0 Å². The van der Waals surface area contributed by atoms with Gasteiger partial charge in [0.25, 0.3) is 0 Å². The van der Waals surface area contributed by atoms with Gasteiger partial charge in [0.05, 0.1) is 12.0 Å². The highest BCUT2D eigenvalue weighted by Crippen LogP contribution is 2.50. The summed E-state index contributed by atoms with van der Waals surface area (Å²) in [5.41, 5.74) is 1.34. The SMILES string of the molecule is O=C1C[C@H](c2ccc(Cl)cc2Cl)C[C@@]2(C1)OC(=O)c1ccccc12. The number of halogens is 2. The van der Waals surface area contributed by atoms with Gasteiger partial charge < -0.3 is 4.74 Å². The zero-order valence-electron chi connectivity index (χ0n) is 12.7. The molecule has 2 aromatic carbocycles. The number of hydrogen-bond donors (Lipinski definition) is 0. The first-order valence-electron chi connectivity index (χ1n) is 7.78. The molecule has 1 saturated carbocycles. The smallest absolute Gasteiger partial charge is 0.339 e. The Morgan fingerprint density at radius 2 is 1.88 bits per heavy atom. The van der Waals surface area contributed by atoms with Crippen LogP contribution < -0.4 is 0 Å². The maximum Gasteiger partial charge on any atom is 0.339 e. The number of carbonyl (C=O) groups excluding carboxylic acids is 2. The van der Waals surface area contributed by atoms with Gasteiger partial charge >= 0.3 is 5.97 Å². The Kier molecular flexibility index (Phi) is 3.66. The van der Waals surface area contributed by atoms with Crippen LogP contribution >= 0.6 is 23.2 Å². The number of benzene rings is 2. The molecule has 122 valence electrons. The lowest BCUT2D eigenvalue weighted by Crippen LogP contribution is -2.36. The third-order valence-electron chi connectivity index (χ3n) is 4.86. The number of ketones is 1. The van der Waals surface area contributed by atoms with Gasteiger partial charge in [-0.1, -0.05) is 47.5 Å². The molecule has 1 aliphatic heterocycles. The summed E-state index contributed by atoms with van der Waals surface area (Å²) in [7, 11) is 0. The second kappa shape index (κ2) is 5.61. The van der Waals surface area contributed by atoms with Crippen molar-refractivity contribution < 1.29 is 14.3 Å². The second-order valence-electron chi connectivity index (χ2n) is 6.42. The van der Waals surface area contributed by atoms with Gasteiger partial charge in [-0.3, -0.25) is 4.79 Å². The molecule has 4 rings (SSSR count). The van der Waals surface area contributed by atoms with E-state index in [0.717, 1.165) is 11.1 Å². The Labute approximate surface area is 149 Å². The van der Waals surface area contributed by atoms with E-state index in [2.05, 4.69) is 0 Å². The summed E-state index contributed by atoms with van der Waals surface area (Å²) in [6.07, 6.45) is 1.16. The minimum Gasteiger partial charge on any atom is -0.450 e. The summed E-state index contributed by atoms with van der Waals surface area (Å²) in [4.78, 5) is 24.7. The normalized spacial score (nSPS) is 25.7. The molecule has 1 fully saturated rings. The Morgan fingerprint density at radius 3 is 2.67 bits per heavy atom. The highest BCUT2D eigenvalue weighted by molar-refractivity contribution is 6.35. The third kappa shape index (κ3) is 2.43. The lowest BCUT2D eigenvalue weighted by molar-refractivity contribution is -0.129. The van der Waals surface area contributed by atoms with Crippen molar-refractivity contribution in [2.75, 3.05) is 0 Å². The van der Waals surface area contributed by atoms with Crippen LogP contribution in [0.3, 0.4) is 0 Å². The first-order chi connectivity index (χ1) is 11.5. The highest BCUT2D eigenvalue weighted by Gasteiger charge is 2.51. The molecule has 0 amide bonds. The molecule has 5 heteroatoms. The quantitative estimate of drug-likeness (QED) is 0.679. The zero-order chi connectivity index (χ0) is 16.9. The molecule has 2 aliphatic rings. The van der Waals surface area contributed by atoms with Crippen molar-refractivity contribution in [2.45, 2.75) is 30.8 Å². The Morgan fingerprint density at radius 1 is 1.08 bits per heavy atom. The molecule has 0 saturated heterocycles. The van der Waals surface area contributed by atoms with E-state index in [1.165, 1.54) is 0 Å².